The van der Waals surface area contributed by atoms with Crippen LogP contribution >= 0.6 is 23.2 Å². The Kier molecular flexibility index (Phi) is 5.13. The number of anilines is 1. The Labute approximate surface area is 128 Å². The second-order valence-electron chi connectivity index (χ2n) is 5.11. The highest BCUT2D eigenvalue weighted by Crippen LogP contribution is 2.30. The predicted octanol–water partition coefficient (Wildman–Crippen LogP) is 3.07. The Bertz CT molecular complexity index is 481. The maximum Gasteiger partial charge on any atom is 0.253 e. The molecule has 110 valence electrons. The number of likely N-dealkylation sites (N-methyl/N-ethyl adjacent to an activating group) is 1. The van der Waals surface area contributed by atoms with Crippen LogP contribution in [-0.4, -0.2) is 37.6 Å². The summed E-state index contributed by atoms with van der Waals surface area (Å²) < 4.78 is 5.52. The van der Waals surface area contributed by atoms with Crippen LogP contribution in [0.5, 0.6) is 0 Å². The maximum atomic E-state index is 12.2. The van der Waals surface area contributed by atoms with E-state index in [2.05, 4.69) is 0 Å². The zero-order chi connectivity index (χ0) is 14.7. The molecule has 1 aromatic carbocycles. The van der Waals surface area contributed by atoms with Crippen molar-refractivity contribution in [3.8, 4) is 0 Å². The van der Waals surface area contributed by atoms with Crippen LogP contribution in [0.15, 0.2) is 12.1 Å². The first kappa shape index (κ1) is 15.4. The molecule has 6 heteroatoms. The first-order valence-electron chi connectivity index (χ1n) is 6.56. The van der Waals surface area contributed by atoms with Crippen molar-refractivity contribution in [1.29, 1.82) is 0 Å². The van der Waals surface area contributed by atoms with Gasteiger partial charge in [-0.1, -0.05) is 23.2 Å². The molecule has 2 N–H and O–H groups in total. The van der Waals surface area contributed by atoms with Crippen molar-refractivity contribution in [2.75, 3.05) is 32.5 Å². The van der Waals surface area contributed by atoms with Crippen molar-refractivity contribution in [2.24, 2.45) is 5.92 Å². The van der Waals surface area contributed by atoms with E-state index in [1.54, 1.807) is 11.9 Å². The summed E-state index contributed by atoms with van der Waals surface area (Å²) in [6.07, 6.45) is 2.52. The van der Waals surface area contributed by atoms with Gasteiger partial charge in [0.05, 0.1) is 22.3 Å². The topological polar surface area (TPSA) is 55.6 Å². The quantitative estimate of drug-likeness (QED) is 0.648. The number of benzene rings is 1. The number of rotatable bonds is 6. The number of hydrogen-bond acceptors (Lipinski definition) is 3. The fourth-order valence-electron chi connectivity index (χ4n) is 1.79. The number of carbonyl (C=O) groups is 1. The molecule has 0 unspecified atom stereocenters. The Morgan fingerprint density at radius 2 is 2.15 bits per heavy atom. The highest BCUT2D eigenvalue weighted by atomic mass is 35.5. The molecule has 0 aromatic heterocycles. The van der Waals surface area contributed by atoms with E-state index >= 15 is 0 Å². The van der Waals surface area contributed by atoms with E-state index in [1.807, 2.05) is 0 Å². The molecule has 1 aliphatic rings. The van der Waals surface area contributed by atoms with Gasteiger partial charge in [0.15, 0.2) is 0 Å². The number of nitrogen functional groups attached to an aromatic ring is 1. The van der Waals surface area contributed by atoms with E-state index in [0.717, 1.165) is 12.5 Å². The van der Waals surface area contributed by atoms with Crippen molar-refractivity contribution < 1.29 is 9.53 Å². The van der Waals surface area contributed by atoms with Crippen LogP contribution in [0, 0.1) is 5.92 Å². The molecule has 2 rings (SSSR count). The minimum Gasteiger partial charge on any atom is -0.397 e. The van der Waals surface area contributed by atoms with Crippen molar-refractivity contribution in [3.05, 3.63) is 27.7 Å². The molecule has 4 nitrogen and oxygen atoms in total. The van der Waals surface area contributed by atoms with Gasteiger partial charge >= 0.3 is 0 Å². The van der Waals surface area contributed by atoms with Crippen LogP contribution in [0.2, 0.25) is 10.0 Å². The summed E-state index contributed by atoms with van der Waals surface area (Å²) in [4.78, 5) is 13.8. The number of hydrogen-bond donors (Lipinski definition) is 1. The molecular formula is C14H18Cl2N2O2. The molecule has 1 aromatic rings. The van der Waals surface area contributed by atoms with Gasteiger partial charge in [0, 0.05) is 25.8 Å². The number of nitrogens with zero attached hydrogens (tertiary/aromatic N) is 1. The molecule has 1 fully saturated rings. The van der Waals surface area contributed by atoms with E-state index in [9.17, 15) is 4.79 Å². The van der Waals surface area contributed by atoms with E-state index in [0.29, 0.717) is 24.4 Å². The second-order valence-corrected chi connectivity index (χ2v) is 5.89. The van der Waals surface area contributed by atoms with Gasteiger partial charge in [0.1, 0.15) is 0 Å². The molecule has 0 atom stereocenters. The lowest BCUT2D eigenvalue weighted by atomic mass is 10.2. The number of halogens is 2. The summed E-state index contributed by atoms with van der Waals surface area (Å²) in [6.45, 7) is 1.86. The number of ether oxygens (including phenoxy) is 1. The Balaban J connectivity index is 1.88. The third-order valence-electron chi connectivity index (χ3n) is 3.27. The lowest BCUT2D eigenvalue weighted by Crippen LogP contribution is -2.30. The monoisotopic (exact) mass is 316 g/mol. The molecule has 1 saturated carbocycles. The van der Waals surface area contributed by atoms with E-state index in [4.69, 9.17) is 33.7 Å². The van der Waals surface area contributed by atoms with Crippen molar-refractivity contribution >= 4 is 34.8 Å². The Morgan fingerprint density at radius 3 is 2.75 bits per heavy atom. The number of nitrogens with two attached hydrogens (primary N) is 1. The molecule has 0 aliphatic heterocycles. The van der Waals surface area contributed by atoms with Crippen LogP contribution in [-0.2, 0) is 4.74 Å². The van der Waals surface area contributed by atoms with E-state index in [-0.39, 0.29) is 16.0 Å². The van der Waals surface area contributed by atoms with Gasteiger partial charge in [-0.15, -0.1) is 0 Å². The van der Waals surface area contributed by atoms with Crippen LogP contribution in [0.3, 0.4) is 0 Å². The summed E-state index contributed by atoms with van der Waals surface area (Å²) in [5.74, 6) is 0.580. The summed E-state index contributed by atoms with van der Waals surface area (Å²) >= 11 is 11.8. The van der Waals surface area contributed by atoms with Gasteiger partial charge in [0.2, 0.25) is 0 Å². The third-order valence-corrected chi connectivity index (χ3v) is 4.09. The second kappa shape index (κ2) is 6.66. The predicted molar refractivity (Wildman–Crippen MR) is 81.4 cm³/mol. The van der Waals surface area contributed by atoms with Gasteiger partial charge in [-0.05, 0) is 30.9 Å². The zero-order valence-electron chi connectivity index (χ0n) is 11.4. The van der Waals surface area contributed by atoms with Gasteiger partial charge in [0.25, 0.3) is 5.91 Å². The minimum absolute atomic E-state index is 0.148. The highest BCUT2D eigenvalue weighted by Gasteiger charge is 2.21. The lowest BCUT2D eigenvalue weighted by molar-refractivity contribution is 0.0681. The molecule has 0 radical (unpaired) electrons. The minimum atomic E-state index is -0.148. The van der Waals surface area contributed by atoms with Gasteiger partial charge < -0.3 is 15.4 Å². The first-order chi connectivity index (χ1) is 9.49. The first-order valence-corrected chi connectivity index (χ1v) is 7.32. The Hall–Kier alpha value is -0.970. The van der Waals surface area contributed by atoms with Crippen LogP contribution in [0.25, 0.3) is 0 Å². The lowest BCUT2D eigenvalue weighted by Gasteiger charge is -2.18. The molecule has 0 bridgehead atoms. The normalized spacial score (nSPS) is 14.3. The van der Waals surface area contributed by atoms with Crippen LogP contribution in [0.4, 0.5) is 5.69 Å². The average Bonchev–Trinajstić information content (AvgIpc) is 3.23. The largest absolute Gasteiger partial charge is 0.397 e. The van der Waals surface area contributed by atoms with E-state index in [1.165, 1.54) is 25.0 Å². The maximum absolute atomic E-state index is 12.2. The van der Waals surface area contributed by atoms with Crippen molar-refractivity contribution in [2.45, 2.75) is 12.8 Å². The molecular weight excluding hydrogens is 299 g/mol. The Morgan fingerprint density at radius 1 is 1.45 bits per heavy atom. The van der Waals surface area contributed by atoms with E-state index < -0.39 is 0 Å². The van der Waals surface area contributed by atoms with Crippen LogP contribution < -0.4 is 5.73 Å². The smallest absolute Gasteiger partial charge is 0.253 e. The SMILES string of the molecule is CN(CCOCC1CC1)C(=O)c1cc(N)c(Cl)c(Cl)c1. The molecule has 0 heterocycles. The number of carbonyl (C=O) groups excluding carboxylic acids is 1. The fourth-order valence-corrected chi connectivity index (χ4v) is 2.13. The summed E-state index contributed by atoms with van der Waals surface area (Å²) in [5, 5.41) is 0.562. The van der Waals surface area contributed by atoms with Crippen LogP contribution in [0.1, 0.15) is 23.2 Å². The molecule has 20 heavy (non-hydrogen) atoms. The average molecular weight is 317 g/mol. The summed E-state index contributed by atoms with van der Waals surface area (Å²) in [6, 6.07) is 3.07. The molecule has 0 spiro atoms. The third kappa shape index (κ3) is 4.01. The fraction of sp³-hybridized carbons (Fsp3) is 0.500. The standard InChI is InChI=1S/C14H18Cl2N2O2/c1-18(4-5-20-8-9-2-3-9)14(19)10-6-11(15)13(16)12(17)7-10/h6-7,9H,2-5,8,17H2,1H3. The number of amides is 1. The highest BCUT2D eigenvalue weighted by molar-refractivity contribution is 6.43. The van der Waals surface area contributed by atoms with Gasteiger partial charge in [-0.2, -0.15) is 0 Å². The molecule has 0 saturated heterocycles. The zero-order valence-corrected chi connectivity index (χ0v) is 12.9. The summed E-state index contributed by atoms with van der Waals surface area (Å²) in [5.41, 5.74) is 6.45. The van der Waals surface area contributed by atoms with Crippen molar-refractivity contribution in [1.82, 2.24) is 4.90 Å². The summed E-state index contributed by atoms with van der Waals surface area (Å²) in [7, 11) is 1.72. The van der Waals surface area contributed by atoms with Gasteiger partial charge in [-0.25, -0.2) is 0 Å². The van der Waals surface area contributed by atoms with Crippen molar-refractivity contribution in [3.63, 3.8) is 0 Å². The van der Waals surface area contributed by atoms with Gasteiger partial charge in [-0.3, -0.25) is 4.79 Å². The molecule has 1 amide bonds. The molecule has 1 aliphatic carbocycles.